The smallest absolute Gasteiger partial charge is 0.227 e. The Morgan fingerprint density at radius 3 is 2.85 bits per heavy atom. The maximum absolute atomic E-state index is 13.7. The van der Waals surface area contributed by atoms with E-state index in [1.165, 1.54) is 6.07 Å². The first-order valence-electron chi connectivity index (χ1n) is 9.03. The number of aromatic nitrogens is 2. The van der Waals surface area contributed by atoms with Gasteiger partial charge in [-0.15, -0.1) is 0 Å². The zero-order valence-corrected chi connectivity index (χ0v) is 14.8. The number of ether oxygens (including phenoxy) is 1. The van der Waals surface area contributed by atoms with E-state index in [-0.39, 0.29) is 17.5 Å². The number of morpholine rings is 1. The molecule has 1 atom stereocenters. The van der Waals surface area contributed by atoms with Crippen molar-refractivity contribution in [3.05, 3.63) is 47.3 Å². The summed E-state index contributed by atoms with van der Waals surface area (Å²) in [6.45, 7) is 2.88. The van der Waals surface area contributed by atoms with Gasteiger partial charge in [0.2, 0.25) is 11.9 Å². The van der Waals surface area contributed by atoms with Crippen LogP contribution in [0, 0.1) is 17.6 Å². The highest BCUT2D eigenvalue weighted by atomic mass is 19.1. The van der Waals surface area contributed by atoms with Crippen molar-refractivity contribution in [1.82, 2.24) is 9.97 Å². The van der Waals surface area contributed by atoms with Crippen LogP contribution in [-0.2, 0) is 22.4 Å². The molecule has 1 amide bonds. The van der Waals surface area contributed by atoms with E-state index in [1.807, 2.05) is 0 Å². The Morgan fingerprint density at radius 2 is 2.07 bits per heavy atom. The van der Waals surface area contributed by atoms with Gasteiger partial charge < -0.3 is 15.0 Å². The average molecular weight is 374 g/mol. The fraction of sp³-hybridized carbons (Fsp3) is 0.421. The molecule has 1 aromatic carbocycles. The van der Waals surface area contributed by atoms with Gasteiger partial charge in [0.25, 0.3) is 0 Å². The number of nitrogens with one attached hydrogen (secondary N) is 1. The first-order valence-corrected chi connectivity index (χ1v) is 9.03. The first kappa shape index (κ1) is 17.8. The third kappa shape index (κ3) is 3.90. The largest absolute Gasteiger partial charge is 0.378 e. The molecule has 8 heteroatoms. The van der Waals surface area contributed by atoms with E-state index in [1.54, 1.807) is 6.20 Å². The Kier molecular flexibility index (Phi) is 4.98. The van der Waals surface area contributed by atoms with Crippen LogP contribution in [0.4, 0.5) is 20.4 Å². The third-order valence-electron chi connectivity index (χ3n) is 4.99. The Bertz CT molecular complexity index is 856. The third-order valence-corrected chi connectivity index (χ3v) is 4.99. The molecule has 6 nitrogen and oxygen atoms in total. The van der Waals surface area contributed by atoms with Crippen molar-refractivity contribution in [3.63, 3.8) is 0 Å². The maximum atomic E-state index is 13.7. The molecular formula is C19H20F2N4O2. The van der Waals surface area contributed by atoms with Crippen molar-refractivity contribution >= 4 is 17.5 Å². The van der Waals surface area contributed by atoms with Crippen molar-refractivity contribution in [2.45, 2.75) is 19.3 Å². The summed E-state index contributed by atoms with van der Waals surface area (Å²) in [5.74, 6) is -1.32. The van der Waals surface area contributed by atoms with Crippen molar-refractivity contribution in [2.75, 3.05) is 36.5 Å². The molecule has 142 valence electrons. The molecule has 2 aromatic rings. The minimum absolute atomic E-state index is 0.00823. The highest BCUT2D eigenvalue weighted by Gasteiger charge is 2.27. The number of amides is 1. The van der Waals surface area contributed by atoms with Crippen LogP contribution >= 0.6 is 0 Å². The Hall–Kier alpha value is -2.61. The standard InChI is InChI=1S/C19H20F2N4O2/c20-14-2-4-17(15(21)10-14)23-18(26)12-1-3-16-13(9-12)11-22-19(24-16)25-5-7-27-8-6-25/h2,4,10-12H,1,3,5-9H2,(H,23,26)/t12-/m1/s1. The molecular weight excluding hydrogens is 354 g/mol. The van der Waals surface area contributed by atoms with Crippen LogP contribution in [0.5, 0.6) is 0 Å². The predicted octanol–water partition coefficient (Wildman–Crippen LogP) is 2.33. The van der Waals surface area contributed by atoms with E-state index in [0.717, 1.165) is 36.5 Å². The first-order chi connectivity index (χ1) is 13.1. The zero-order chi connectivity index (χ0) is 18.8. The van der Waals surface area contributed by atoms with Gasteiger partial charge in [-0.25, -0.2) is 18.7 Å². The highest BCUT2D eigenvalue weighted by Crippen LogP contribution is 2.27. The van der Waals surface area contributed by atoms with E-state index in [4.69, 9.17) is 4.74 Å². The van der Waals surface area contributed by atoms with Crippen LogP contribution < -0.4 is 10.2 Å². The van der Waals surface area contributed by atoms with Gasteiger partial charge in [0.1, 0.15) is 11.6 Å². The molecule has 1 N–H and O–H groups in total. The van der Waals surface area contributed by atoms with Crippen molar-refractivity contribution in [2.24, 2.45) is 5.92 Å². The zero-order valence-electron chi connectivity index (χ0n) is 14.8. The molecule has 1 fully saturated rings. The Morgan fingerprint density at radius 1 is 1.26 bits per heavy atom. The normalized spacial score (nSPS) is 19.5. The lowest BCUT2D eigenvalue weighted by Gasteiger charge is -2.28. The Labute approximate surface area is 155 Å². The number of nitrogens with zero attached hydrogens (tertiary/aromatic N) is 3. The SMILES string of the molecule is O=C(Nc1ccc(F)cc1F)[C@@H]1CCc2nc(N3CCOCC3)ncc2C1. The molecule has 0 spiro atoms. The van der Waals surface area contributed by atoms with E-state index in [2.05, 4.69) is 20.2 Å². The van der Waals surface area contributed by atoms with Crippen molar-refractivity contribution in [1.29, 1.82) is 0 Å². The monoisotopic (exact) mass is 374 g/mol. The Balaban J connectivity index is 1.44. The quantitative estimate of drug-likeness (QED) is 0.893. The molecule has 1 aromatic heterocycles. The van der Waals surface area contributed by atoms with Gasteiger partial charge in [0.05, 0.1) is 18.9 Å². The molecule has 0 radical (unpaired) electrons. The summed E-state index contributed by atoms with van der Waals surface area (Å²) in [7, 11) is 0. The number of hydrogen-bond donors (Lipinski definition) is 1. The summed E-state index contributed by atoms with van der Waals surface area (Å²) in [5.41, 5.74) is 1.90. The van der Waals surface area contributed by atoms with Crippen LogP contribution in [0.15, 0.2) is 24.4 Å². The minimum Gasteiger partial charge on any atom is -0.378 e. The number of rotatable bonds is 3. The molecule has 2 heterocycles. The molecule has 1 aliphatic carbocycles. The van der Waals surface area contributed by atoms with Crippen LogP contribution in [0.1, 0.15) is 17.7 Å². The van der Waals surface area contributed by atoms with Gasteiger partial charge >= 0.3 is 0 Å². The molecule has 1 aliphatic heterocycles. The summed E-state index contributed by atoms with van der Waals surface area (Å²) in [4.78, 5) is 23.7. The second-order valence-corrected chi connectivity index (χ2v) is 6.79. The predicted molar refractivity (Wildman–Crippen MR) is 95.6 cm³/mol. The average Bonchev–Trinajstić information content (AvgIpc) is 2.70. The fourth-order valence-corrected chi connectivity index (χ4v) is 3.46. The van der Waals surface area contributed by atoms with E-state index in [0.29, 0.717) is 38.4 Å². The van der Waals surface area contributed by atoms with Crippen LogP contribution in [0.3, 0.4) is 0 Å². The molecule has 27 heavy (non-hydrogen) atoms. The van der Waals surface area contributed by atoms with Crippen molar-refractivity contribution < 1.29 is 18.3 Å². The molecule has 2 aliphatic rings. The number of carbonyl (C=O) groups excluding carboxylic acids is 1. The van der Waals surface area contributed by atoms with Crippen molar-refractivity contribution in [3.8, 4) is 0 Å². The molecule has 0 bridgehead atoms. The number of hydrogen-bond acceptors (Lipinski definition) is 5. The lowest BCUT2D eigenvalue weighted by molar-refractivity contribution is -0.120. The summed E-state index contributed by atoms with van der Waals surface area (Å²) < 4.78 is 32.1. The number of halogens is 2. The topological polar surface area (TPSA) is 67.4 Å². The van der Waals surface area contributed by atoms with Gasteiger partial charge in [-0.3, -0.25) is 4.79 Å². The summed E-state index contributed by atoms with van der Waals surface area (Å²) in [6.07, 6.45) is 3.58. The fourth-order valence-electron chi connectivity index (χ4n) is 3.46. The minimum atomic E-state index is -0.780. The number of fused-ring (bicyclic) bond motifs is 1. The number of anilines is 2. The molecule has 1 saturated heterocycles. The van der Waals surface area contributed by atoms with Gasteiger partial charge in [0.15, 0.2) is 0 Å². The van der Waals surface area contributed by atoms with Crippen LogP contribution in [-0.4, -0.2) is 42.2 Å². The van der Waals surface area contributed by atoms with E-state index < -0.39 is 11.6 Å². The van der Waals surface area contributed by atoms with Crippen LogP contribution in [0.2, 0.25) is 0 Å². The van der Waals surface area contributed by atoms with Gasteiger partial charge in [-0.05, 0) is 37.0 Å². The van der Waals surface area contributed by atoms with Crippen LogP contribution in [0.25, 0.3) is 0 Å². The summed E-state index contributed by atoms with van der Waals surface area (Å²) in [6, 6.07) is 3.11. The molecule has 4 rings (SSSR count). The summed E-state index contributed by atoms with van der Waals surface area (Å²) >= 11 is 0. The number of aryl methyl sites for hydroxylation is 1. The van der Waals surface area contributed by atoms with Gasteiger partial charge in [0, 0.05) is 37.0 Å². The maximum Gasteiger partial charge on any atom is 0.227 e. The van der Waals surface area contributed by atoms with Gasteiger partial charge in [-0.2, -0.15) is 0 Å². The lowest BCUT2D eigenvalue weighted by atomic mass is 9.86. The molecule has 0 unspecified atom stereocenters. The highest BCUT2D eigenvalue weighted by molar-refractivity contribution is 5.93. The van der Waals surface area contributed by atoms with E-state index >= 15 is 0 Å². The summed E-state index contributed by atoms with van der Waals surface area (Å²) in [5, 5.41) is 2.56. The second kappa shape index (κ2) is 7.56. The second-order valence-electron chi connectivity index (χ2n) is 6.79. The van der Waals surface area contributed by atoms with E-state index in [9.17, 15) is 13.6 Å². The lowest BCUT2D eigenvalue weighted by Crippen LogP contribution is -2.38. The van der Waals surface area contributed by atoms with Gasteiger partial charge in [-0.1, -0.05) is 0 Å². The number of benzene rings is 1. The molecule has 0 saturated carbocycles. The number of carbonyl (C=O) groups is 1.